The Bertz CT molecular complexity index is 340. The standard InChI is InChI=1S/C21H42N2O3/c1-5-7-9-11-13-15-22(3)20(25)17-19(24)18-21(26)23(4)16-14-12-10-8-6-2/h19,24H,5-18H2,1-4H3. The van der Waals surface area contributed by atoms with E-state index in [1.54, 1.807) is 23.9 Å². The first-order valence-electron chi connectivity index (χ1n) is 10.6. The maximum absolute atomic E-state index is 12.1. The van der Waals surface area contributed by atoms with E-state index in [4.69, 9.17) is 0 Å². The van der Waals surface area contributed by atoms with Crippen molar-refractivity contribution in [3.63, 3.8) is 0 Å². The first-order valence-corrected chi connectivity index (χ1v) is 10.6. The van der Waals surface area contributed by atoms with Crippen LogP contribution in [0.4, 0.5) is 0 Å². The fourth-order valence-electron chi connectivity index (χ4n) is 2.94. The van der Waals surface area contributed by atoms with Crippen LogP contribution in [0, 0.1) is 0 Å². The molecule has 0 fully saturated rings. The number of unbranched alkanes of at least 4 members (excludes halogenated alkanes) is 8. The van der Waals surface area contributed by atoms with Crippen LogP contribution in [0.25, 0.3) is 0 Å². The Hall–Kier alpha value is -1.10. The first kappa shape index (κ1) is 24.9. The normalized spacial score (nSPS) is 11.0. The molecule has 0 radical (unpaired) electrons. The molecule has 5 nitrogen and oxygen atoms in total. The topological polar surface area (TPSA) is 60.9 Å². The Morgan fingerprint density at radius 2 is 1.04 bits per heavy atom. The summed E-state index contributed by atoms with van der Waals surface area (Å²) in [5.74, 6) is -0.161. The van der Waals surface area contributed by atoms with Crippen LogP contribution in [0.1, 0.15) is 90.9 Å². The predicted molar refractivity (Wildman–Crippen MR) is 108 cm³/mol. The minimum atomic E-state index is -0.889. The summed E-state index contributed by atoms with van der Waals surface area (Å²) >= 11 is 0. The lowest BCUT2D eigenvalue weighted by molar-refractivity contribution is -0.135. The van der Waals surface area contributed by atoms with Crippen molar-refractivity contribution in [2.24, 2.45) is 0 Å². The van der Waals surface area contributed by atoms with Gasteiger partial charge in [-0.2, -0.15) is 0 Å². The monoisotopic (exact) mass is 370 g/mol. The largest absolute Gasteiger partial charge is 0.392 e. The lowest BCUT2D eigenvalue weighted by Gasteiger charge is -2.21. The van der Waals surface area contributed by atoms with Crippen LogP contribution >= 0.6 is 0 Å². The van der Waals surface area contributed by atoms with E-state index in [-0.39, 0.29) is 24.7 Å². The number of hydrogen-bond acceptors (Lipinski definition) is 3. The molecule has 0 bridgehead atoms. The van der Waals surface area contributed by atoms with Gasteiger partial charge in [0.1, 0.15) is 0 Å². The molecule has 0 spiro atoms. The van der Waals surface area contributed by atoms with Crippen molar-refractivity contribution in [3.8, 4) is 0 Å². The Labute approximate surface area is 161 Å². The van der Waals surface area contributed by atoms with Crippen LogP contribution in [0.3, 0.4) is 0 Å². The van der Waals surface area contributed by atoms with Gasteiger partial charge in [-0.1, -0.05) is 65.2 Å². The van der Waals surface area contributed by atoms with Crippen molar-refractivity contribution >= 4 is 11.8 Å². The molecule has 0 unspecified atom stereocenters. The second kappa shape index (κ2) is 16.1. The van der Waals surface area contributed by atoms with Gasteiger partial charge in [0.25, 0.3) is 0 Å². The summed E-state index contributed by atoms with van der Waals surface area (Å²) in [6.45, 7) is 5.81. The van der Waals surface area contributed by atoms with E-state index in [9.17, 15) is 14.7 Å². The van der Waals surface area contributed by atoms with Gasteiger partial charge in [0, 0.05) is 27.2 Å². The van der Waals surface area contributed by atoms with E-state index in [0.29, 0.717) is 0 Å². The molecule has 5 heteroatoms. The minimum Gasteiger partial charge on any atom is -0.392 e. The van der Waals surface area contributed by atoms with Gasteiger partial charge >= 0.3 is 0 Å². The van der Waals surface area contributed by atoms with Gasteiger partial charge in [-0.25, -0.2) is 0 Å². The van der Waals surface area contributed by atoms with Gasteiger partial charge in [0.05, 0.1) is 18.9 Å². The number of amides is 2. The molecule has 154 valence electrons. The number of carbonyl (C=O) groups excluding carboxylic acids is 2. The third kappa shape index (κ3) is 13.2. The molecule has 0 aromatic carbocycles. The molecule has 0 aliphatic rings. The maximum atomic E-state index is 12.1. The zero-order chi connectivity index (χ0) is 19.8. The fourth-order valence-corrected chi connectivity index (χ4v) is 2.94. The average Bonchev–Trinajstić information content (AvgIpc) is 2.60. The van der Waals surface area contributed by atoms with E-state index < -0.39 is 6.10 Å². The lowest BCUT2D eigenvalue weighted by atomic mass is 10.1. The highest BCUT2D eigenvalue weighted by Crippen LogP contribution is 2.08. The van der Waals surface area contributed by atoms with Crippen molar-refractivity contribution in [2.75, 3.05) is 27.2 Å². The third-order valence-corrected chi connectivity index (χ3v) is 4.87. The highest BCUT2D eigenvalue weighted by molar-refractivity contribution is 5.79. The summed E-state index contributed by atoms with van der Waals surface area (Å²) in [7, 11) is 3.55. The SMILES string of the molecule is CCCCCCCN(C)C(=O)CC(O)CC(=O)N(C)CCCCCCC. The zero-order valence-electron chi connectivity index (χ0n) is 17.6. The van der Waals surface area contributed by atoms with E-state index in [1.807, 2.05) is 0 Å². The van der Waals surface area contributed by atoms with Crippen molar-refractivity contribution in [1.29, 1.82) is 0 Å². The van der Waals surface area contributed by atoms with Gasteiger partial charge in [-0.3, -0.25) is 9.59 Å². The first-order chi connectivity index (χ1) is 12.4. The molecule has 0 saturated carbocycles. The number of carbonyl (C=O) groups is 2. The Morgan fingerprint density at radius 1 is 0.692 bits per heavy atom. The van der Waals surface area contributed by atoms with E-state index >= 15 is 0 Å². The van der Waals surface area contributed by atoms with Crippen molar-refractivity contribution in [2.45, 2.75) is 97.0 Å². The molecule has 0 saturated heterocycles. The summed E-state index contributed by atoms with van der Waals surface area (Å²) < 4.78 is 0. The number of aliphatic hydroxyl groups excluding tert-OH is 1. The van der Waals surface area contributed by atoms with Gasteiger partial charge in [0.15, 0.2) is 0 Å². The molecule has 0 rings (SSSR count). The Morgan fingerprint density at radius 3 is 1.38 bits per heavy atom. The van der Waals surface area contributed by atoms with Gasteiger partial charge < -0.3 is 14.9 Å². The van der Waals surface area contributed by atoms with Crippen LogP contribution in [0.5, 0.6) is 0 Å². The van der Waals surface area contributed by atoms with E-state index in [0.717, 1.165) is 38.8 Å². The van der Waals surface area contributed by atoms with Gasteiger partial charge in [0.2, 0.25) is 11.8 Å². The minimum absolute atomic E-state index is 0.0293. The summed E-state index contributed by atoms with van der Waals surface area (Å²) in [6, 6.07) is 0. The van der Waals surface area contributed by atoms with E-state index in [1.165, 1.54) is 38.5 Å². The second-order valence-corrected chi connectivity index (χ2v) is 7.52. The summed E-state index contributed by atoms with van der Waals surface area (Å²) in [5.41, 5.74) is 0. The maximum Gasteiger partial charge on any atom is 0.224 e. The number of nitrogens with zero attached hydrogens (tertiary/aromatic N) is 2. The van der Waals surface area contributed by atoms with Gasteiger partial charge in [-0.15, -0.1) is 0 Å². The molecule has 0 aliphatic heterocycles. The van der Waals surface area contributed by atoms with Gasteiger partial charge in [-0.05, 0) is 12.8 Å². The quantitative estimate of drug-likeness (QED) is 0.418. The highest BCUT2D eigenvalue weighted by atomic mass is 16.3. The third-order valence-electron chi connectivity index (χ3n) is 4.87. The van der Waals surface area contributed by atoms with E-state index in [2.05, 4.69) is 13.8 Å². The molecular formula is C21H42N2O3. The van der Waals surface area contributed by atoms with Crippen LogP contribution in [-0.2, 0) is 9.59 Å². The second-order valence-electron chi connectivity index (χ2n) is 7.52. The highest BCUT2D eigenvalue weighted by Gasteiger charge is 2.19. The molecule has 0 atom stereocenters. The molecule has 0 heterocycles. The van der Waals surface area contributed by atoms with Crippen molar-refractivity contribution in [3.05, 3.63) is 0 Å². The molecular weight excluding hydrogens is 328 g/mol. The molecule has 1 N–H and O–H groups in total. The van der Waals surface area contributed by atoms with Crippen molar-refractivity contribution in [1.82, 2.24) is 9.80 Å². The molecule has 0 aromatic rings. The van der Waals surface area contributed by atoms with Crippen LogP contribution in [0.2, 0.25) is 0 Å². The predicted octanol–water partition coefficient (Wildman–Crippen LogP) is 3.99. The van der Waals surface area contributed by atoms with Crippen LogP contribution in [0.15, 0.2) is 0 Å². The zero-order valence-corrected chi connectivity index (χ0v) is 17.6. The molecule has 0 aromatic heterocycles. The Balaban J connectivity index is 3.93. The van der Waals surface area contributed by atoms with Crippen molar-refractivity contribution < 1.29 is 14.7 Å². The summed E-state index contributed by atoms with van der Waals surface area (Å²) in [4.78, 5) is 27.6. The summed E-state index contributed by atoms with van der Waals surface area (Å²) in [5, 5.41) is 10.1. The molecule has 26 heavy (non-hydrogen) atoms. The summed E-state index contributed by atoms with van der Waals surface area (Å²) in [6.07, 6.45) is 10.8. The van der Waals surface area contributed by atoms with Crippen LogP contribution in [-0.4, -0.2) is 60.0 Å². The fraction of sp³-hybridized carbons (Fsp3) is 0.905. The molecule has 2 amide bonds. The Kier molecular flexibility index (Phi) is 15.4. The lowest BCUT2D eigenvalue weighted by Crippen LogP contribution is -2.34. The number of hydrogen-bond donors (Lipinski definition) is 1. The van der Waals surface area contributed by atoms with Crippen LogP contribution < -0.4 is 0 Å². The molecule has 0 aliphatic carbocycles. The number of rotatable bonds is 16. The smallest absolute Gasteiger partial charge is 0.224 e. The average molecular weight is 371 g/mol. The number of aliphatic hydroxyl groups is 1.